The van der Waals surface area contributed by atoms with Crippen LogP contribution in [0, 0.1) is 0 Å². The summed E-state index contributed by atoms with van der Waals surface area (Å²) in [7, 11) is 0. The summed E-state index contributed by atoms with van der Waals surface area (Å²) in [5.41, 5.74) is 6.33. The van der Waals surface area contributed by atoms with Crippen LogP contribution in [0.1, 0.15) is 47.4 Å². The number of nitrogens with zero attached hydrogens (tertiary/aromatic N) is 2. The Hall–Kier alpha value is -2.94. The van der Waals surface area contributed by atoms with Crippen molar-refractivity contribution < 1.29 is 47.6 Å². The number of imide groups is 2. The molecule has 3 rings (SSSR count). The van der Waals surface area contributed by atoms with Gasteiger partial charge in [0.1, 0.15) is 6.04 Å². The molecule has 1 saturated heterocycles. The second-order valence-corrected chi connectivity index (χ2v) is 9.67. The van der Waals surface area contributed by atoms with Crippen molar-refractivity contribution >= 4 is 29.3 Å². The Morgan fingerprint density at radius 1 is 0.780 bits per heavy atom. The van der Waals surface area contributed by atoms with E-state index in [4.69, 9.17) is 34.2 Å². The number of carbonyl (C=O) groups is 4. The third kappa shape index (κ3) is 9.55. The predicted molar refractivity (Wildman–Crippen MR) is 146 cm³/mol. The molecule has 2 N–H and O–H groups in total. The average Bonchev–Trinajstić information content (AvgIpc) is 3.19. The van der Waals surface area contributed by atoms with Crippen LogP contribution in [0.15, 0.2) is 18.2 Å². The SMILES string of the molecule is CC(C)OCCOCCOCCOCCOCCOCCN1C(=O)CCC(N2C(=O)c3cccc(N)c3C2=O)C1=O. The van der Waals surface area contributed by atoms with Crippen LogP contribution in [0.2, 0.25) is 0 Å². The lowest BCUT2D eigenvalue weighted by atomic mass is 10.0. The molecule has 2 aliphatic rings. The molecule has 2 heterocycles. The van der Waals surface area contributed by atoms with E-state index in [0.29, 0.717) is 59.5 Å². The normalized spacial score (nSPS) is 17.3. The van der Waals surface area contributed by atoms with Gasteiger partial charge in [-0.3, -0.25) is 29.0 Å². The van der Waals surface area contributed by atoms with Crippen LogP contribution >= 0.6 is 0 Å². The molecule has 0 aliphatic carbocycles. The van der Waals surface area contributed by atoms with Crippen LogP contribution in [0.4, 0.5) is 5.69 Å². The number of piperidine rings is 1. The fraction of sp³-hybridized carbons (Fsp3) is 0.643. The number of carbonyl (C=O) groups excluding carboxylic acids is 4. The molecule has 1 aromatic rings. The van der Waals surface area contributed by atoms with E-state index in [2.05, 4.69) is 0 Å². The van der Waals surface area contributed by atoms with Gasteiger partial charge in [0.15, 0.2) is 0 Å². The summed E-state index contributed by atoms with van der Waals surface area (Å²) >= 11 is 0. The van der Waals surface area contributed by atoms with Gasteiger partial charge in [-0.15, -0.1) is 0 Å². The van der Waals surface area contributed by atoms with E-state index in [9.17, 15) is 19.2 Å². The maximum Gasteiger partial charge on any atom is 0.264 e. The quantitative estimate of drug-likeness (QED) is 0.133. The highest BCUT2D eigenvalue weighted by Gasteiger charge is 2.47. The van der Waals surface area contributed by atoms with Gasteiger partial charge in [0, 0.05) is 12.1 Å². The molecule has 0 spiro atoms. The Morgan fingerprint density at radius 3 is 1.85 bits per heavy atom. The first-order chi connectivity index (χ1) is 19.8. The van der Waals surface area contributed by atoms with Crippen molar-refractivity contribution in [1.82, 2.24) is 9.80 Å². The number of benzene rings is 1. The number of nitrogen functional groups attached to an aromatic ring is 1. The maximum absolute atomic E-state index is 13.1. The molecule has 13 heteroatoms. The van der Waals surface area contributed by atoms with Crippen molar-refractivity contribution in [3.05, 3.63) is 29.3 Å². The highest BCUT2D eigenvalue weighted by Crippen LogP contribution is 2.32. The van der Waals surface area contributed by atoms with Gasteiger partial charge in [0.05, 0.1) is 96.5 Å². The summed E-state index contributed by atoms with van der Waals surface area (Å²) in [5.74, 6) is -2.16. The van der Waals surface area contributed by atoms with Crippen LogP contribution in [0.25, 0.3) is 0 Å². The fourth-order valence-corrected chi connectivity index (χ4v) is 4.39. The summed E-state index contributed by atoms with van der Waals surface area (Å²) in [6.45, 7) is 8.48. The molecule has 1 unspecified atom stereocenters. The number of amides is 4. The lowest BCUT2D eigenvalue weighted by Gasteiger charge is -2.34. The van der Waals surface area contributed by atoms with Crippen LogP contribution in [-0.2, 0) is 38.0 Å². The number of likely N-dealkylation sites (tertiary alicyclic amines) is 1. The van der Waals surface area contributed by atoms with E-state index in [1.165, 1.54) is 12.1 Å². The summed E-state index contributed by atoms with van der Waals surface area (Å²) < 4.78 is 32.6. The molecule has 13 nitrogen and oxygen atoms in total. The van der Waals surface area contributed by atoms with Crippen LogP contribution < -0.4 is 5.73 Å². The third-order valence-electron chi connectivity index (χ3n) is 6.40. The first kappa shape index (κ1) is 32.6. The Morgan fingerprint density at radius 2 is 1.32 bits per heavy atom. The molecule has 2 aliphatic heterocycles. The first-order valence-corrected chi connectivity index (χ1v) is 13.9. The highest BCUT2D eigenvalue weighted by atomic mass is 16.6. The lowest BCUT2D eigenvalue weighted by molar-refractivity contribution is -0.152. The third-order valence-corrected chi connectivity index (χ3v) is 6.40. The molecule has 1 fully saturated rings. The molecular weight excluding hydrogens is 538 g/mol. The number of hydrogen-bond acceptors (Lipinski definition) is 11. The molecule has 1 atom stereocenters. The van der Waals surface area contributed by atoms with E-state index in [1.54, 1.807) is 6.07 Å². The number of hydrogen-bond donors (Lipinski definition) is 1. The predicted octanol–water partition coefficient (Wildman–Crippen LogP) is 0.890. The smallest absolute Gasteiger partial charge is 0.264 e. The Kier molecular flexibility index (Phi) is 13.6. The second-order valence-electron chi connectivity index (χ2n) is 9.67. The number of fused-ring (bicyclic) bond motifs is 1. The molecule has 0 saturated carbocycles. The van der Waals surface area contributed by atoms with Crippen molar-refractivity contribution in [3.63, 3.8) is 0 Å². The zero-order chi connectivity index (χ0) is 29.6. The van der Waals surface area contributed by atoms with Gasteiger partial charge in [0.25, 0.3) is 17.7 Å². The van der Waals surface area contributed by atoms with Gasteiger partial charge in [-0.2, -0.15) is 0 Å². The largest absolute Gasteiger partial charge is 0.398 e. The van der Waals surface area contributed by atoms with Gasteiger partial charge >= 0.3 is 0 Å². The molecular formula is C28H41N3O10. The first-order valence-electron chi connectivity index (χ1n) is 13.9. The minimum absolute atomic E-state index is 0.0132. The molecule has 0 radical (unpaired) electrons. The summed E-state index contributed by atoms with van der Waals surface area (Å²) in [5, 5.41) is 0. The molecule has 228 valence electrons. The Bertz CT molecular complexity index is 1030. The molecule has 4 amide bonds. The fourth-order valence-electron chi connectivity index (χ4n) is 4.39. The van der Waals surface area contributed by atoms with Crippen molar-refractivity contribution in [2.24, 2.45) is 0 Å². The van der Waals surface area contributed by atoms with Crippen molar-refractivity contribution in [2.75, 3.05) is 85.0 Å². The lowest BCUT2D eigenvalue weighted by Crippen LogP contribution is -2.56. The van der Waals surface area contributed by atoms with E-state index >= 15 is 0 Å². The van der Waals surface area contributed by atoms with Gasteiger partial charge in [0.2, 0.25) is 5.91 Å². The monoisotopic (exact) mass is 579 g/mol. The number of rotatable bonds is 20. The van der Waals surface area contributed by atoms with Gasteiger partial charge < -0.3 is 34.2 Å². The van der Waals surface area contributed by atoms with Gasteiger partial charge in [-0.1, -0.05) is 6.07 Å². The van der Waals surface area contributed by atoms with Crippen LogP contribution in [0.5, 0.6) is 0 Å². The van der Waals surface area contributed by atoms with Crippen molar-refractivity contribution in [3.8, 4) is 0 Å². The van der Waals surface area contributed by atoms with Gasteiger partial charge in [-0.25, -0.2) is 0 Å². The summed E-state index contributed by atoms with van der Waals surface area (Å²) in [4.78, 5) is 53.2. The van der Waals surface area contributed by atoms with Crippen LogP contribution in [0.3, 0.4) is 0 Å². The van der Waals surface area contributed by atoms with Crippen LogP contribution in [-0.4, -0.2) is 125 Å². The highest BCUT2D eigenvalue weighted by molar-refractivity contribution is 6.25. The minimum atomic E-state index is -1.06. The van der Waals surface area contributed by atoms with Crippen molar-refractivity contribution in [1.29, 1.82) is 0 Å². The zero-order valence-electron chi connectivity index (χ0n) is 23.8. The molecule has 0 bridgehead atoms. The number of anilines is 1. The summed E-state index contributed by atoms with van der Waals surface area (Å²) in [6.07, 6.45) is 0.312. The number of nitrogens with two attached hydrogens (primary N) is 1. The minimum Gasteiger partial charge on any atom is -0.398 e. The van der Waals surface area contributed by atoms with E-state index in [1.807, 2.05) is 13.8 Å². The standard InChI is InChI=1S/C28H41N3O10/c1-20(2)41-19-18-40-17-16-39-15-14-38-13-12-37-11-10-36-9-8-30-24(32)7-6-23(27(30)34)31-26(33)21-4-3-5-22(29)25(21)28(31)35/h3-5,20,23H,6-19,29H2,1-2H3. The molecule has 41 heavy (non-hydrogen) atoms. The van der Waals surface area contributed by atoms with E-state index in [-0.39, 0.29) is 61.4 Å². The van der Waals surface area contributed by atoms with E-state index < -0.39 is 23.8 Å². The van der Waals surface area contributed by atoms with E-state index in [0.717, 1.165) is 9.80 Å². The Labute approximate surface area is 240 Å². The second kappa shape index (κ2) is 17.1. The topological polar surface area (TPSA) is 156 Å². The maximum atomic E-state index is 13.1. The zero-order valence-corrected chi connectivity index (χ0v) is 23.8. The Balaban J connectivity index is 1.22. The summed E-state index contributed by atoms with van der Waals surface area (Å²) in [6, 6.07) is 3.55. The van der Waals surface area contributed by atoms with Gasteiger partial charge in [-0.05, 0) is 32.4 Å². The average molecular weight is 580 g/mol. The number of ether oxygens (including phenoxy) is 6. The van der Waals surface area contributed by atoms with Crippen molar-refractivity contribution in [2.45, 2.75) is 38.8 Å². The molecule has 0 aromatic heterocycles. The molecule has 1 aromatic carbocycles.